The highest BCUT2D eigenvalue weighted by atomic mass is 35.5. The second kappa shape index (κ2) is 6.60. The van der Waals surface area contributed by atoms with Gasteiger partial charge in [-0.1, -0.05) is 11.6 Å². The molecule has 0 aromatic carbocycles. The standard InChI is InChI=1S/C10H11ClN2O7S2/c1-3-6(11)7(21-10(3)22(12,19)20)8(16)13-4(9(17)18)2-5(14)15/h4H,2H2,1H3,(H,13,16)(H,14,15)(H,17,18)(H2,12,19,20)/t4-/m1/s1. The minimum Gasteiger partial charge on any atom is -0.481 e. The number of nitrogens with one attached hydrogen (secondary N) is 1. The summed E-state index contributed by atoms with van der Waals surface area (Å²) in [6.45, 7) is 1.33. The van der Waals surface area contributed by atoms with Crippen LogP contribution in [0.5, 0.6) is 0 Å². The summed E-state index contributed by atoms with van der Waals surface area (Å²) in [4.78, 5) is 33.2. The van der Waals surface area contributed by atoms with Crippen molar-refractivity contribution in [3.05, 3.63) is 15.5 Å². The summed E-state index contributed by atoms with van der Waals surface area (Å²) >= 11 is 6.33. The molecule has 5 N–H and O–H groups in total. The lowest BCUT2D eigenvalue weighted by atomic mass is 10.2. The van der Waals surface area contributed by atoms with Crippen molar-refractivity contribution in [2.75, 3.05) is 0 Å². The Kier molecular flexibility index (Phi) is 5.51. The minimum absolute atomic E-state index is 0.0597. The number of carbonyl (C=O) groups excluding carboxylic acids is 1. The van der Waals surface area contributed by atoms with Gasteiger partial charge in [0, 0.05) is 0 Å². The topological polar surface area (TPSA) is 164 Å². The molecule has 0 aliphatic carbocycles. The molecule has 1 rings (SSSR count). The normalized spacial score (nSPS) is 12.7. The monoisotopic (exact) mass is 370 g/mol. The highest BCUT2D eigenvalue weighted by Crippen LogP contribution is 2.34. The van der Waals surface area contributed by atoms with Gasteiger partial charge in [0.1, 0.15) is 15.1 Å². The van der Waals surface area contributed by atoms with E-state index < -0.39 is 40.3 Å². The second-order valence-electron chi connectivity index (χ2n) is 4.16. The van der Waals surface area contributed by atoms with E-state index in [0.717, 1.165) is 0 Å². The number of halogens is 1. The van der Waals surface area contributed by atoms with Crippen LogP contribution in [0.4, 0.5) is 0 Å². The van der Waals surface area contributed by atoms with Gasteiger partial charge < -0.3 is 15.5 Å². The van der Waals surface area contributed by atoms with Crippen molar-refractivity contribution >= 4 is 50.8 Å². The smallest absolute Gasteiger partial charge is 0.326 e. The van der Waals surface area contributed by atoms with Gasteiger partial charge in [0.2, 0.25) is 10.0 Å². The van der Waals surface area contributed by atoms with Gasteiger partial charge in [-0.15, -0.1) is 11.3 Å². The lowest BCUT2D eigenvalue weighted by Gasteiger charge is -2.11. The number of aliphatic carboxylic acids is 2. The average molecular weight is 371 g/mol. The van der Waals surface area contributed by atoms with Crippen LogP contribution in [-0.2, 0) is 19.6 Å². The molecule has 0 saturated carbocycles. The zero-order valence-electron chi connectivity index (χ0n) is 11.0. The number of amides is 1. The Hall–Kier alpha value is -1.69. The van der Waals surface area contributed by atoms with Crippen LogP contribution in [-0.4, -0.2) is 42.5 Å². The van der Waals surface area contributed by atoms with E-state index >= 15 is 0 Å². The molecule has 122 valence electrons. The van der Waals surface area contributed by atoms with Crippen molar-refractivity contribution in [2.24, 2.45) is 5.14 Å². The third-order valence-electron chi connectivity index (χ3n) is 2.48. The van der Waals surface area contributed by atoms with Gasteiger partial charge in [0.15, 0.2) is 0 Å². The summed E-state index contributed by atoms with van der Waals surface area (Å²) in [5.74, 6) is -3.97. The summed E-state index contributed by atoms with van der Waals surface area (Å²) < 4.78 is 22.4. The zero-order valence-corrected chi connectivity index (χ0v) is 13.4. The van der Waals surface area contributed by atoms with E-state index in [1.165, 1.54) is 6.92 Å². The zero-order chi connectivity index (χ0) is 17.2. The van der Waals surface area contributed by atoms with Gasteiger partial charge in [0.05, 0.1) is 11.4 Å². The Morgan fingerprint density at radius 2 is 1.91 bits per heavy atom. The van der Waals surface area contributed by atoms with E-state index in [-0.39, 0.29) is 19.7 Å². The van der Waals surface area contributed by atoms with Crippen molar-refractivity contribution in [1.82, 2.24) is 5.32 Å². The number of hydrogen-bond acceptors (Lipinski definition) is 6. The third-order valence-corrected chi connectivity index (χ3v) is 5.92. The van der Waals surface area contributed by atoms with Gasteiger partial charge in [-0.3, -0.25) is 9.59 Å². The number of sulfonamides is 1. The minimum atomic E-state index is -4.09. The van der Waals surface area contributed by atoms with Crippen molar-refractivity contribution in [3.8, 4) is 0 Å². The van der Waals surface area contributed by atoms with Gasteiger partial charge in [-0.25, -0.2) is 18.4 Å². The maximum atomic E-state index is 12.0. The maximum absolute atomic E-state index is 12.0. The van der Waals surface area contributed by atoms with Crippen molar-refractivity contribution in [3.63, 3.8) is 0 Å². The number of hydrogen-bond donors (Lipinski definition) is 4. The maximum Gasteiger partial charge on any atom is 0.326 e. The van der Waals surface area contributed by atoms with E-state index in [9.17, 15) is 22.8 Å². The molecule has 0 radical (unpaired) electrons. The second-order valence-corrected chi connectivity index (χ2v) is 7.32. The summed E-state index contributed by atoms with van der Waals surface area (Å²) in [5.41, 5.74) is 0.0597. The molecule has 1 aromatic rings. The van der Waals surface area contributed by atoms with Crippen LogP contribution in [0.2, 0.25) is 5.02 Å². The first-order valence-corrected chi connectivity index (χ1v) is 8.26. The van der Waals surface area contributed by atoms with Crippen LogP contribution >= 0.6 is 22.9 Å². The van der Waals surface area contributed by atoms with E-state index in [4.69, 9.17) is 27.0 Å². The number of carbonyl (C=O) groups is 3. The molecule has 1 aromatic heterocycles. The molecule has 9 nitrogen and oxygen atoms in total. The molecule has 0 saturated heterocycles. The van der Waals surface area contributed by atoms with Crippen LogP contribution in [0.15, 0.2) is 4.21 Å². The number of nitrogens with two attached hydrogens (primary N) is 1. The molecule has 0 aliphatic rings. The van der Waals surface area contributed by atoms with Crippen LogP contribution < -0.4 is 10.5 Å². The molecule has 0 bridgehead atoms. The van der Waals surface area contributed by atoms with Crippen molar-refractivity contribution in [2.45, 2.75) is 23.6 Å². The Balaban J connectivity index is 3.13. The predicted octanol–water partition coefficient (Wildman–Crippen LogP) is 0.0150. The first-order chi connectivity index (χ1) is 9.95. The van der Waals surface area contributed by atoms with E-state index in [2.05, 4.69) is 0 Å². The number of primary sulfonamides is 1. The largest absolute Gasteiger partial charge is 0.481 e. The number of rotatable bonds is 6. The highest BCUT2D eigenvalue weighted by Gasteiger charge is 2.28. The molecule has 0 fully saturated rings. The Morgan fingerprint density at radius 3 is 2.27 bits per heavy atom. The van der Waals surface area contributed by atoms with Crippen LogP contribution in [0.1, 0.15) is 21.7 Å². The van der Waals surface area contributed by atoms with E-state index in [1.54, 1.807) is 0 Å². The molecule has 0 aliphatic heterocycles. The molecule has 0 unspecified atom stereocenters. The molecule has 0 spiro atoms. The van der Waals surface area contributed by atoms with Crippen LogP contribution in [0.25, 0.3) is 0 Å². The number of carboxylic acids is 2. The summed E-state index contributed by atoms with van der Waals surface area (Å²) in [7, 11) is -4.09. The highest BCUT2D eigenvalue weighted by molar-refractivity contribution is 7.91. The Labute approximate surface area is 133 Å². The number of thiophene rings is 1. The molecular weight excluding hydrogens is 360 g/mol. The van der Waals surface area contributed by atoms with Gasteiger partial charge in [0.25, 0.3) is 5.91 Å². The summed E-state index contributed by atoms with van der Waals surface area (Å²) in [5, 5.41) is 24.2. The average Bonchev–Trinajstić information content (AvgIpc) is 2.64. The molecule has 22 heavy (non-hydrogen) atoms. The van der Waals surface area contributed by atoms with Gasteiger partial charge in [-0.05, 0) is 12.5 Å². The lowest BCUT2D eigenvalue weighted by molar-refractivity contribution is -0.145. The quantitative estimate of drug-likeness (QED) is 0.547. The summed E-state index contributed by atoms with van der Waals surface area (Å²) in [6, 6.07) is -1.68. The van der Waals surface area contributed by atoms with Crippen molar-refractivity contribution < 1.29 is 33.0 Å². The molecule has 1 heterocycles. The molecule has 12 heteroatoms. The molecular formula is C10H11ClN2O7S2. The van der Waals surface area contributed by atoms with Crippen LogP contribution in [0, 0.1) is 6.92 Å². The lowest BCUT2D eigenvalue weighted by Crippen LogP contribution is -2.42. The van der Waals surface area contributed by atoms with Crippen molar-refractivity contribution in [1.29, 1.82) is 0 Å². The van der Waals surface area contributed by atoms with E-state index in [0.29, 0.717) is 11.3 Å². The molecule has 1 atom stereocenters. The molecule has 1 amide bonds. The van der Waals surface area contributed by atoms with E-state index in [1.807, 2.05) is 5.32 Å². The fourth-order valence-electron chi connectivity index (χ4n) is 1.49. The van der Waals surface area contributed by atoms with Gasteiger partial charge >= 0.3 is 11.9 Å². The first-order valence-electron chi connectivity index (χ1n) is 5.52. The number of carboxylic acid groups (broad SMARTS) is 2. The Bertz CT molecular complexity index is 741. The van der Waals surface area contributed by atoms with Crippen LogP contribution in [0.3, 0.4) is 0 Å². The fourth-order valence-corrected chi connectivity index (χ4v) is 3.98. The SMILES string of the molecule is Cc1c(S(N)(=O)=O)sc(C(=O)N[C@H](CC(=O)O)C(=O)O)c1Cl. The third kappa shape index (κ3) is 4.16. The fraction of sp³-hybridized carbons (Fsp3) is 0.300. The first kappa shape index (κ1) is 18.4. The van der Waals surface area contributed by atoms with Gasteiger partial charge in [-0.2, -0.15) is 0 Å². The Morgan fingerprint density at radius 1 is 1.36 bits per heavy atom. The predicted molar refractivity (Wildman–Crippen MR) is 76.6 cm³/mol. The summed E-state index contributed by atoms with van der Waals surface area (Å²) in [6.07, 6.45) is -0.842.